The normalized spacial score (nSPS) is 15.2. The molecule has 1 aliphatic rings. The molecular weight excluding hydrogens is 280 g/mol. The average Bonchev–Trinajstić information content (AvgIpc) is 3.39. The number of aliphatic carboxylic acids is 1. The summed E-state index contributed by atoms with van der Waals surface area (Å²) in [4.78, 5) is 9.25. The number of epoxide rings is 1. The molecule has 4 nitrogen and oxygen atoms in total. The fraction of sp³-hybridized carbons (Fsp3) is 0.167. The van der Waals surface area contributed by atoms with Crippen molar-refractivity contribution in [1.82, 2.24) is 0 Å². The van der Waals surface area contributed by atoms with E-state index in [1.165, 1.54) is 5.56 Å². The van der Waals surface area contributed by atoms with Gasteiger partial charge in [-0.25, -0.2) is 4.79 Å². The number of ether oxygens (including phenoxy) is 2. The van der Waals surface area contributed by atoms with Crippen molar-refractivity contribution in [2.45, 2.75) is 6.10 Å². The molecule has 1 heterocycles. The lowest BCUT2D eigenvalue weighted by Gasteiger charge is -2.10. The Morgan fingerprint density at radius 1 is 1.23 bits per heavy atom. The van der Waals surface area contributed by atoms with Crippen LogP contribution in [-0.2, 0) is 9.53 Å². The number of hydrogen-bond donors (Lipinski definition) is 1. The van der Waals surface area contributed by atoms with E-state index >= 15 is 0 Å². The van der Waals surface area contributed by atoms with Gasteiger partial charge >= 0.3 is 5.97 Å². The van der Waals surface area contributed by atoms with E-state index in [1.54, 1.807) is 0 Å². The first-order valence-corrected chi connectivity index (χ1v) is 6.95. The summed E-state index contributed by atoms with van der Waals surface area (Å²) in [5.74, 6) is -0.0563. The van der Waals surface area contributed by atoms with Gasteiger partial charge < -0.3 is 14.6 Å². The number of carbonyl (C=O) groups is 1. The summed E-state index contributed by atoms with van der Waals surface area (Å²) in [6, 6.07) is 18.4. The molecule has 0 bridgehead atoms. The van der Waals surface area contributed by atoms with Gasteiger partial charge in [-0.3, -0.25) is 0 Å². The smallest absolute Gasteiger partial charge is 0.327 e. The van der Waals surface area contributed by atoms with Gasteiger partial charge in [-0.05, 0) is 11.6 Å². The van der Waals surface area contributed by atoms with Crippen molar-refractivity contribution >= 4 is 5.97 Å². The highest BCUT2D eigenvalue weighted by molar-refractivity contribution is 5.78. The minimum atomic E-state index is -0.981. The van der Waals surface area contributed by atoms with E-state index in [1.807, 2.05) is 36.4 Å². The van der Waals surface area contributed by atoms with Crippen molar-refractivity contribution < 1.29 is 19.4 Å². The van der Waals surface area contributed by atoms with Crippen LogP contribution >= 0.6 is 0 Å². The monoisotopic (exact) mass is 298 g/mol. The van der Waals surface area contributed by atoms with E-state index in [0.29, 0.717) is 12.7 Å². The van der Waals surface area contributed by atoms with Crippen LogP contribution in [0, 0.1) is 0 Å². The van der Waals surface area contributed by atoms with E-state index in [4.69, 9.17) is 14.6 Å². The molecule has 2 aromatic rings. The molecule has 0 saturated carbocycles. The van der Waals surface area contributed by atoms with Gasteiger partial charge in [0.1, 0.15) is 18.5 Å². The second-order valence-electron chi connectivity index (χ2n) is 4.67. The standard InChI is InChI=1S/C15H14O2.C3H4O2/c1-2-6-12(7-3-1)14-8-4-5-9-15(14)17-11-13-10-16-13;1-2-3(4)5/h1-9,13H,10-11H2;2H,1H2,(H,4,5). The zero-order valence-electron chi connectivity index (χ0n) is 12.1. The molecule has 1 aliphatic heterocycles. The second-order valence-corrected chi connectivity index (χ2v) is 4.67. The Bertz CT molecular complexity index is 618. The molecule has 0 aromatic heterocycles. The summed E-state index contributed by atoms with van der Waals surface area (Å²) in [6.07, 6.45) is 1.12. The Balaban J connectivity index is 0.000000309. The highest BCUT2D eigenvalue weighted by Gasteiger charge is 2.23. The van der Waals surface area contributed by atoms with Crippen molar-refractivity contribution in [3.8, 4) is 16.9 Å². The molecule has 22 heavy (non-hydrogen) atoms. The van der Waals surface area contributed by atoms with Gasteiger partial charge in [0.15, 0.2) is 0 Å². The van der Waals surface area contributed by atoms with Crippen LogP contribution in [0.1, 0.15) is 0 Å². The summed E-state index contributed by atoms with van der Waals surface area (Å²) < 4.78 is 10.9. The van der Waals surface area contributed by atoms with Crippen molar-refractivity contribution in [3.05, 3.63) is 67.3 Å². The number of carboxylic acid groups (broad SMARTS) is 1. The van der Waals surface area contributed by atoms with E-state index in [0.717, 1.165) is 24.0 Å². The highest BCUT2D eigenvalue weighted by Crippen LogP contribution is 2.30. The number of hydrogen-bond acceptors (Lipinski definition) is 3. The van der Waals surface area contributed by atoms with Gasteiger partial charge in [0.2, 0.25) is 0 Å². The fourth-order valence-electron chi connectivity index (χ4n) is 1.80. The Morgan fingerprint density at radius 2 is 1.82 bits per heavy atom. The third-order valence-corrected chi connectivity index (χ3v) is 2.97. The van der Waals surface area contributed by atoms with Crippen LogP contribution in [0.3, 0.4) is 0 Å². The molecule has 0 spiro atoms. The molecule has 2 aromatic carbocycles. The van der Waals surface area contributed by atoms with Crippen molar-refractivity contribution in [2.24, 2.45) is 0 Å². The molecule has 4 heteroatoms. The van der Waals surface area contributed by atoms with Crippen LogP contribution in [0.2, 0.25) is 0 Å². The largest absolute Gasteiger partial charge is 0.490 e. The van der Waals surface area contributed by atoms with Gasteiger partial charge in [-0.15, -0.1) is 0 Å². The Morgan fingerprint density at radius 3 is 2.41 bits per heavy atom. The van der Waals surface area contributed by atoms with Gasteiger partial charge in [0.05, 0.1) is 6.61 Å². The van der Waals surface area contributed by atoms with Crippen LogP contribution in [-0.4, -0.2) is 30.4 Å². The maximum atomic E-state index is 9.25. The molecule has 0 radical (unpaired) electrons. The number of benzene rings is 2. The first-order chi connectivity index (χ1) is 10.7. The molecule has 0 aliphatic carbocycles. The van der Waals surface area contributed by atoms with Crippen molar-refractivity contribution in [1.29, 1.82) is 0 Å². The fourth-order valence-corrected chi connectivity index (χ4v) is 1.80. The first kappa shape index (κ1) is 15.8. The molecule has 1 fully saturated rings. The summed E-state index contributed by atoms with van der Waals surface area (Å²) in [5.41, 5.74) is 2.31. The van der Waals surface area contributed by atoms with E-state index in [9.17, 15) is 4.79 Å². The quantitative estimate of drug-likeness (QED) is 0.679. The summed E-state index contributed by atoms with van der Waals surface area (Å²) in [7, 11) is 0. The zero-order valence-corrected chi connectivity index (χ0v) is 12.1. The van der Waals surface area contributed by atoms with Crippen LogP contribution in [0.4, 0.5) is 0 Å². The lowest BCUT2D eigenvalue weighted by Crippen LogP contribution is -2.04. The maximum absolute atomic E-state index is 9.25. The maximum Gasteiger partial charge on any atom is 0.327 e. The average molecular weight is 298 g/mol. The molecule has 1 N–H and O–H groups in total. The molecule has 3 rings (SSSR count). The molecule has 1 atom stereocenters. The van der Waals surface area contributed by atoms with E-state index in [2.05, 4.69) is 24.8 Å². The Kier molecular flexibility index (Phi) is 5.74. The second kappa shape index (κ2) is 8.00. The molecule has 0 amide bonds. The topological polar surface area (TPSA) is 59.1 Å². The van der Waals surface area contributed by atoms with Crippen LogP contribution in [0.15, 0.2) is 67.3 Å². The van der Waals surface area contributed by atoms with Gasteiger partial charge in [0.25, 0.3) is 0 Å². The molecule has 1 unspecified atom stereocenters. The predicted octanol–water partition coefficient (Wildman–Crippen LogP) is 3.39. The van der Waals surface area contributed by atoms with Crippen LogP contribution < -0.4 is 4.74 Å². The van der Waals surface area contributed by atoms with Gasteiger partial charge in [0, 0.05) is 11.6 Å². The Labute approximate surface area is 129 Å². The highest BCUT2D eigenvalue weighted by atomic mass is 16.6. The van der Waals surface area contributed by atoms with Crippen LogP contribution in [0.25, 0.3) is 11.1 Å². The Hall–Kier alpha value is -2.59. The summed E-state index contributed by atoms with van der Waals surface area (Å²) in [5, 5.41) is 7.60. The van der Waals surface area contributed by atoms with E-state index in [-0.39, 0.29) is 0 Å². The number of para-hydroxylation sites is 1. The number of carboxylic acids is 1. The predicted molar refractivity (Wildman–Crippen MR) is 84.9 cm³/mol. The van der Waals surface area contributed by atoms with Crippen molar-refractivity contribution in [3.63, 3.8) is 0 Å². The third-order valence-electron chi connectivity index (χ3n) is 2.97. The SMILES string of the molecule is C=CC(=O)O.c1ccc(-c2ccccc2OCC2CO2)cc1. The number of rotatable bonds is 5. The van der Waals surface area contributed by atoms with Gasteiger partial charge in [-0.2, -0.15) is 0 Å². The summed E-state index contributed by atoms with van der Waals surface area (Å²) in [6.45, 7) is 4.43. The third kappa shape index (κ3) is 5.07. The van der Waals surface area contributed by atoms with Crippen LogP contribution in [0.5, 0.6) is 5.75 Å². The zero-order chi connectivity index (χ0) is 15.8. The van der Waals surface area contributed by atoms with Crippen molar-refractivity contribution in [2.75, 3.05) is 13.2 Å². The molecule has 1 saturated heterocycles. The summed E-state index contributed by atoms with van der Waals surface area (Å²) >= 11 is 0. The minimum absolute atomic E-state index is 0.291. The van der Waals surface area contributed by atoms with Gasteiger partial charge in [-0.1, -0.05) is 55.1 Å². The minimum Gasteiger partial charge on any atom is -0.490 e. The lowest BCUT2D eigenvalue weighted by molar-refractivity contribution is -0.131. The molecule has 114 valence electrons. The lowest BCUT2D eigenvalue weighted by atomic mass is 10.1. The first-order valence-electron chi connectivity index (χ1n) is 6.95. The van der Waals surface area contributed by atoms with E-state index < -0.39 is 5.97 Å². The molecular formula is C18H18O4.